The summed E-state index contributed by atoms with van der Waals surface area (Å²) in [6, 6.07) is 4.59. The van der Waals surface area contributed by atoms with E-state index in [0.717, 1.165) is 23.4 Å². The van der Waals surface area contributed by atoms with Gasteiger partial charge in [-0.2, -0.15) is 0 Å². The van der Waals surface area contributed by atoms with Crippen molar-refractivity contribution in [1.82, 2.24) is 0 Å². The number of hydrogen-bond donors (Lipinski definition) is 1. The van der Waals surface area contributed by atoms with E-state index in [4.69, 9.17) is 5.73 Å². The first-order valence-corrected chi connectivity index (χ1v) is 6.20. The summed E-state index contributed by atoms with van der Waals surface area (Å²) in [5, 5.41) is 0. The van der Waals surface area contributed by atoms with Crippen molar-refractivity contribution in [3.8, 4) is 0 Å². The SMILES string of the molecule is Cc1cc([C@H]2C[C@@H]3C=C[C@H]2C3)cc(C)c1N. The van der Waals surface area contributed by atoms with E-state index < -0.39 is 0 Å². The number of hydrogen-bond acceptors (Lipinski definition) is 1. The first-order chi connectivity index (χ1) is 7.65. The summed E-state index contributed by atoms with van der Waals surface area (Å²) in [7, 11) is 0. The van der Waals surface area contributed by atoms with Crippen molar-refractivity contribution in [2.45, 2.75) is 32.6 Å². The van der Waals surface area contributed by atoms with E-state index in [0.29, 0.717) is 0 Å². The van der Waals surface area contributed by atoms with Crippen LogP contribution in [0.3, 0.4) is 0 Å². The summed E-state index contributed by atoms with van der Waals surface area (Å²) in [6.07, 6.45) is 7.52. The molecule has 0 radical (unpaired) electrons. The molecule has 2 aliphatic carbocycles. The first-order valence-electron chi connectivity index (χ1n) is 6.20. The number of nitrogen functional groups attached to an aromatic ring is 1. The minimum absolute atomic E-state index is 0.744. The van der Waals surface area contributed by atoms with E-state index in [9.17, 15) is 0 Å². The molecule has 1 heteroatoms. The van der Waals surface area contributed by atoms with Gasteiger partial charge in [-0.05, 0) is 61.1 Å². The van der Waals surface area contributed by atoms with Crippen LogP contribution in [-0.4, -0.2) is 0 Å². The van der Waals surface area contributed by atoms with E-state index in [1.807, 2.05) is 0 Å². The quantitative estimate of drug-likeness (QED) is 0.560. The fraction of sp³-hybridized carbons (Fsp3) is 0.467. The molecule has 2 N–H and O–H groups in total. The van der Waals surface area contributed by atoms with Gasteiger partial charge in [0.1, 0.15) is 0 Å². The average Bonchev–Trinajstić information content (AvgIpc) is 2.86. The highest BCUT2D eigenvalue weighted by Gasteiger charge is 2.36. The van der Waals surface area contributed by atoms with E-state index in [-0.39, 0.29) is 0 Å². The van der Waals surface area contributed by atoms with Crippen LogP contribution in [0, 0.1) is 25.7 Å². The third-order valence-electron chi connectivity index (χ3n) is 4.32. The van der Waals surface area contributed by atoms with Crippen molar-refractivity contribution < 1.29 is 0 Å². The molecule has 0 saturated heterocycles. The normalized spacial score (nSPS) is 31.2. The number of benzene rings is 1. The summed E-state index contributed by atoms with van der Waals surface area (Å²) in [4.78, 5) is 0. The summed E-state index contributed by atoms with van der Waals surface area (Å²) in [5.74, 6) is 2.37. The molecule has 0 heterocycles. The highest BCUT2D eigenvalue weighted by molar-refractivity contribution is 5.55. The van der Waals surface area contributed by atoms with Crippen molar-refractivity contribution in [1.29, 1.82) is 0 Å². The van der Waals surface area contributed by atoms with Gasteiger partial charge in [-0.25, -0.2) is 0 Å². The predicted molar refractivity (Wildman–Crippen MR) is 68.4 cm³/mol. The maximum Gasteiger partial charge on any atom is 0.0373 e. The Kier molecular flexibility index (Phi) is 2.10. The van der Waals surface area contributed by atoms with E-state index in [1.54, 1.807) is 0 Å². The molecule has 2 aliphatic rings. The van der Waals surface area contributed by atoms with E-state index in [2.05, 4.69) is 38.1 Å². The van der Waals surface area contributed by atoms with Crippen LogP contribution in [-0.2, 0) is 0 Å². The van der Waals surface area contributed by atoms with Crippen molar-refractivity contribution in [3.05, 3.63) is 41.0 Å². The van der Waals surface area contributed by atoms with Gasteiger partial charge in [-0.1, -0.05) is 24.3 Å². The zero-order valence-corrected chi connectivity index (χ0v) is 10.0. The first kappa shape index (κ1) is 9.95. The zero-order chi connectivity index (χ0) is 11.3. The minimum Gasteiger partial charge on any atom is -0.398 e. The van der Waals surface area contributed by atoms with Crippen LogP contribution in [0.5, 0.6) is 0 Å². The van der Waals surface area contributed by atoms with E-state index >= 15 is 0 Å². The topological polar surface area (TPSA) is 26.0 Å². The van der Waals surface area contributed by atoms with Crippen LogP contribution in [0.4, 0.5) is 5.69 Å². The Balaban J connectivity index is 1.99. The lowest BCUT2D eigenvalue weighted by molar-refractivity contribution is 0.585. The second kappa shape index (κ2) is 3.38. The number of anilines is 1. The highest BCUT2D eigenvalue weighted by Crippen LogP contribution is 2.49. The molecule has 1 aromatic rings. The van der Waals surface area contributed by atoms with Gasteiger partial charge in [0, 0.05) is 5.69 Å². The van der Waals surface area contributed by atoms with Crippen LogP contribution in [0.25, 0.3) is 0 Å². The summed E-state index contributed by atoms with van der Waals surface area (Å²) in [6.45, 7) is 4.24. The molecule has 2 bridgehead atoms. The standard InChI is InChI=1S/C15H19N/c1-9-5-13(6-10(2)15(9)16)14-8-11-3-4-12(14)7-11/h3-6,11-12,14H,7-8,16H2,1-2H3/t11-,12+,14+/m1/s1. The minimum atomic E-state index is 0.744. The fourth-order valence-corrected chi connectivity index (χ4v) is 3.39. The van der Waals surface area contributed by atoms with Gasteiger partial charge < -0.3 is 5.73 Å². The average molecular weight is 213 g/mol. The Morgan fingerprint density at radius 1 is 1.06 bits per heavy atom. The molecule has 84 valence electrons. The van der Waals surface area contributed by atoms with Crippen molar-refractivity contribution in [2.75, 3.05) is 5.73 Å². The molecule has 0 amide bonds. The zero-order valence-electron chi connectivity index (χ0n) is 10.0. The molecule has 16 heavy (non-hydrogen) atoms. The largest absolute Gasteiger partial charge is 0.398 e. The lowest BCUT2D eigenvalue weighted by Crippen LogP contribution is -2.06. The van der Waals surface area contributed by atoms with Crippen molar-refractivity contribution >= 4 is 5.69 Å². The molecule has 1 aromatic carbocycles. The molecular weight excluding hydrogens is 194 g/mol. The van der Waals surface area contributed by atoms with Gasteiger partial charge in [-0.15, -0.1) is 0 Å². The number of nitrogens with two attached hydrogens (primary N) is 1. The molecule has 0 unspecified atom stereocenters. The molecule has 3 rings (SSSR count). The van der Waals surface area contributed by atoms with Gasteiger partial charge in [0.05, 0.1) is 0 Å². The second-order valence-electron chi connectivity index (χ2n) is 5.46. The summed E-state index contributed by atoms with van der Waals surface area (Å²) in [5.41, 5.74) is 10.9. The highest BCUT2D eigenvalue weighted by atomic mass is 14.6. The Morgan fingerprint density at radius 3 is 2.25 bits per heavy atom. The van der Waals surface area contributed by atoms with Gasteiger partial charge in [0.2, 0.25) is 0 Å². The van der Waals surface area contributed by atoms with Crippen LogP contribution < -0.4 is 5.73 Å². The number of allylic oxidation sites excluding steroid dienone is 2. The van der Waals surface area contributed by atoms with Crippen LogP contribution >= 0.6 is 0 Å². The number of fused-ring (bicyclic) bond motifs is 2. The Hall–Kier alpha value is -1.24. The van der Waals surface area contributed by atoms with Gasteiger partial charge >= 0.3 is 0 Å². The van der Waals surface area contributed by atoms with Crippen LogP contribution in [0.2, 0.25) is 0 Å². The number of rotatable bonds is 1. The van der Waals surface area contributed by atoms with Gasteiger partial charge in [0.25, 0.3) is 0 Å². The van der Waals surface area contributed by atoms with Crippen molar-refractivity contribution in [2.24, 2.45) is 11.8 Å². The van der Waals surface area contributed by atoms with Crippen molar-refractivity contribution in [3.63, 3.8) is 0 Å². The smallest absolute Gasteiger partial charge is 0.0373 e. The third kappa shape index (κ3) is 1.38. The molecule has 0 spiro atoms. The summed E-state index contributed by atoms with van der Waals surface area (Å²) < 4.78 is 0. The van der Waals surface area contributed by atoms with Gasteiger partial charge in [0.15, 0.2) is 0 Å². The Bertz CT molecular complexity index is 435. The fourth-order valence-electron chi connectivity index (χ4n) is 3.39. The van der Waals surface area contributed by atoms with Gasteiger partial charge in [-0.3, -0.25) is 0 Å². The van der Waals surface area contributed by atoms with E-state index in [1.165, 1.54) is 29.5 Å². The monoisotopic (exact) mass is 213 g/mol. The molecule has 0 aromatic heterocycles. The Morgan fingerprint density at radius 2 is 1.75 bits per heavy atom. The lowest BCUT2D eigenvalue weighted by atomic mass is 9.85. The molecule has 1 fully saturated rings. The second-order valence-corrected chi connectivity index (χ2v) is 5.46. The summed E-state index contributed by atoms with van der Waals surface area (Å²) >= 11 is 0. The third-order valence-corrected chi connectivity index (χ3v) is 4.32. The molecule has 0 aliphatic heterocycles. The lowest BCUT2D eigenvalue weighted by Gasteiger charge is -2.20. The molecule has 3 atom stereocenters. The molecular formula is C15H19N. The number of aryl methyl sites for hydroxylation is 2. The van der Waals surface area contributed by atoms with Crippen LogP contribution in [0.1, 0.15) is 35.4 Å². The van der Waals surface area contributed by atoms with Crippen LogP contribution in [0.15, 0.2) is 24.3 Å². The maximum atomic E-state index is 6.01. The maximum absolute atomic E-state index is 6.01. The molecule has 1 nitrogen and oxygen atoms in total. The predicted octanol–water partition coefficient (Wildman–Crippen LogP) is 3.57. The Labute approximate surface area is 97.4 Å². The molecule has 1 saturated carbocycles.